The second kappa shape index (κ2) is 7.17. The number of nitrogens with one attached hydrogen (secondary N) is 1. The first-order chi connectivity index (χ1) is 17.1. The molecule has 2 N–H and O–H groups in total. The summed E-state index contributed by atoms with van der Waals surface area (Å²) in [7, 11) is 1.25. The number of carbonyl (C=O) groups excluding carboxylic acids is 5. The number of methoxy groups -OCH3 is 1. The lowest BCUT2D eigenvalue weighted by Gasteiger charge is -2.23. The van der Waals surface area contributed by atoms with Gasteiger partial charge in [0.1, 0.15) is 11.2 Å². The summed E-state index contributed by atoms with van der Waals surface area (Å²) in [6.07, 6.45) is 1.74. The van der Waals surface area contributed by atoms with Crippen LogP contribution in [-0.4, -0.2) is 46.6 Å². The molecule has 1 atom stereocenters. The van der Waals surface area contributed by atoms with E-state index in [4.69, 9.17) is 4.74 Å². The summed E-state index contributed by atoms with van der Waals surface area (Å²) >= 11 is 3.44. The van der Waals surface area contributed by atoms with Gasteiger partial charge in [-0.1, -0.05) is 0 Å². The first-order valence-corrected chi connectivity index (χ1v) is 11.6. The van der Waals surface area contributed by atoms with Gasteiger partial charge in [-0.15, -0.1) is 0 Å². The monoisotopic (exact) mass is 547 g/mol. The molecule has 36 heavy (non-hydrogen) atoms. The van der Waals surface area contributed by atoms with Crippen LogP contribution in [0.25, 0.3) is 10.8 Å². The van der Waals surface area contributed by atoms with E-state index in [0.29, 0.717) is 16.3 Å². The number of rotatable bonds is 2. The number of ether oxygens (including phenoxy) is 1. The number of halogens is 1. The van der Waals surface area contributed by atoms with Crippen LogP contribution < -0.4 is 5.56 Å². The number of aldehydes is 1. The Morgan fingerprint density at radius 3 is 2.33 bits per heavy atom. The Balaban J connectivity index is 1.62. The number of aromatic hydroxyl groups is 1. The van der Waals surface area contributed by atoms with Crippen LogP contribution in [0, 0.1) is 0 Å². The van der Waals surface area contributed by atoms with E-state index in [1.807, 2.05) is 0 Å². The van der Waals surface area contributed by atoms with Crippen LogP contribution in [-0.2, 0) is 16.6 Å². The van der Waals surface area contributed by atoms with Gasteiger partial charge in [0.25, 0.3) is 5.56 Å². The molecule has 1 aromatic heterocycles. The van der Waals surface area contributed by atoms with E-state index in [-0.39, 0.29) is 62.9 Å². The molecule has 2 aromatic carbocycles. The molecule has 1 heterocycles. The molecule has 0 bridgehead atoms. The van der Waals surface area contributed by atoms with Crippen LogP contribution in [0.5, 0.6) is 5.75 Å². The van der Waals surface area contributed by atoms with Crippen LogP contribution in [0.1, 0.15) is 69.5 Å². The van der Waals surface area contributed by atoms with Gasteiger partial charge in [0.05, 0.1) is 18.2 Å². The zero-order valence-electron chi connectivity index (χ0n) is 18.5. The fraction of sp³-hybridized carbons (Fsp3) is 0.154. The van der Waals surface area contributed by atoms with Crippen molar-refractivity contribution in [3.8, 4) is 5.75 Å². The highest BCUT2D eigenvalue weighted by Crippen LogP contribution is 2.55. The van der Waals surface area contributed by atoms with Crippen molar-refractivity contribution in [3.05, 3.63) is 83.9 Å². The lowest BCUT2D eigenvalue weighted by Crippen LogP contribution is -2.36. The van der Waals surface area contributed by atoms with Gasteiger partial charge >= 0.3 is 0 Å². The van der Waals surface area contributed by atoms with Gasteiger partial charge in [-0.2, -0.15) is 0 Å². The van der Waals surface area contributed by atoms with Crippen molar-refractivity contribution in [1.29, 1.82) is 0 Å². The Morgan fingerprint density at radius 2 is 1.69 bits per heavy atom. The molecule has 3 aliphatic carbocycles. The summed E-state index contributed by atoms with van der Waals surface area (Å²) < 4.78 is 5.38. The lowest BCUT2D eigenvalue weighted by molar-refractivity contribution is 0.0791. The molecule has 9 nitrogen and oxygen atoms in total. The lowest BCUT2D eigenvalue weighted by atomic mass is 9.76. The minimum atomic E-state index is -1.82. The van der Waals surface area contributed by atoms with Crippen molar-refractivity contribution in [1.82, 2.24) is 4.98 Å². The number of hydrogen-bond donors (Lipinski definition) is 2. The number of phenolic OH excluding ortho intramolecular Hbond substituents is 1. The number of allylic oxidation sites excluding steroid dienone is 2. The Morgan fingerprint density at radius 1 is 1.03 bits per heavy atom. The smallest absolute Gasteiger partial charge is 0.260 e. The van der Waals surface area contributed by atoms with E-state index in [0.717, 1.165) is 6.08 Å². The highest BCUT2D eigenvalue weighted by Gasteiger charge is 2.59. The van der Waals surface area contributed by atoms with E-state index in [2.05, 4.69) is 20.9 Å². The number of aromatic nitrogens is 1. The molecule has 1 unspecified atom stereocenters. The standard InChI is InChI=1S/C26H14BrNO8/c1-36-17-7-16(30)11-5-13-14(6-12(11)21(17)31)24(34)26(23(13)33)3-2-10-19(26)22(32)18-15(20(10)27)4-9(8-29)28-25(18)35/h4-8,32H,2-3H2,1H3,(H,28,35). The molecular formula is C26H14BrNO8. The molecular weight excluding hydrogens is 534 g/mol. The molecule has 10 heteroatoms. The summed E-state index contributed by atoms with van der Waals surface area (Å²) in [5, 5.41) is 11.4. The third kappa shape index (κ3) is 2.49. The topological polar surface area (TPSA) is 148 Å². The Labute approximate surface area is 209 Å². The molecule has 6 rings (SSSR count). The fourth-order valence-corrected chi connectivity index (χ4v) is 6.36. The molecule has 178 valence electrons. The van der Waals surface area contributed by atoms with E-state index >= 15 is 0 Å². The van der Waals surface area contributed by atoms with Crippen molar-refractivity contribution in [2.24, 2.45) is 0 Å². The highest BCUT2D eigenvalue weighted by molar-refractivity contribution is 9.10. The van der Waals surface area contributed by atoms with Crippen molar-refractivity contribution < 1.29 is 33.8 Å². The zero-order valence-corrected chi connectivity index (χ0v) is 20.1. The minimum absolute atomic E-state index is 0.00429. The Bertz CT molecular complexity index is 1760. The summed E-state index contributed by atoms with van der Waals surface area (Å²) in [4.78, 5) is 79.5. The zero-order chi connectivity index (χ0) is 25.7. The van der Waals surface area contributed by atoms with Crippen LogP contribution in [0.3, 0.4) is 0 Å². The number of carbonyl (C=O) groups is 5. The predicted molar refractivity (Wildman–Crippen MR) is 128 cm³/mol. The van der Waals surface area contributed by atoms with Crippen molar-refractivity contribution in [2.45, 2.75) is 18.3 Å². The van der Waals surface area contributed by atoms with E-state index < -0.39 is 39.9 Å². The molecule has 0 saturated heterocycles. The van der Waals surface area contributed by atoms with Crippen molar-refractivity contribution in [3.63, 3.8) is 0 Å². The number of H-pyrrole nitrogens is 1. The SMILES string of the molecule is COC1=CC(=O)c2cc3c(cc2C1=O)C(=O)C1(CCc2c1c(O)c1c(=O)[nH]c(C=O)cc1c2Br)C3=O. The number of hydrogen-bond acceptors (Lipinski definition) is 8. The fourth-order valence-electron chi connectivity index (χ4n) is 5.65. The van der Waals surface area contributed by atoms with Gasteiger partial charge in [0, 0.05) is 43.8 Å². The van der Waals surface area contributed by atoms with Gasteiger partial charge < -0.3 is 14.8 Å². The van der Waals surface area contributed by atoms with Crippen molar-refractivity contribution >= 4 is 56.1 Å². The Kier molecular flexibility index (Phi) is 4.44. The first-order valence-electron chi connectivity index (χ1n) is 10.8. The summed E-state index contributed by atoms with van der Waals surface area (Å²) in [5.74, 6) is -3.06. The van der Waals surface area contributed by atoms with E-state index in [1.54, 1.807) is 0 Å². The summed E-state index contributed by atoms with van der Waals surface area (Å²) in [5.41, 5.74) is -2.20. The molecule has 1 spiro atoms. The van der Waals surface area contributed by atoms with Crippen LogP contribution in [0.15, 0.2) is 39.3 Å². The van der Waals surface area contributed by atoms with E-state index in [9.17, 15) is 33.9 Å². The third-order valence-corrected chi connectivity index (χ3v) is 8.18. The summed E-state index contributed by atoms with van der Waals surface area (Å²) in [6, 6.07) is 3.88. The maximum Gasteiger partial charge on any atom is 0.260 e. The van der Waals surface area contributed by atoms with E-state index in [1.165, 1.54) is 25.3 Å². The van der Waals surface area contributed by atoms with Crippen LogP contribution >= 0.6 is 15.9 Å². The molecule has 0 amide bonds. The number of ketones is 4. The summed E-state index contributed by atoms with van der Waals surface area (Å²) in [6.45, 7) is 0. The number of fused-ring (bicyclic) bond motifs is 5. The third-order valence-electron chi connectivity index (χ3n) is 7.27. The maximum atomic E-state index is 13.9. The average molecular weight is 548 g/mol. The minimum Gasteiger partial charge on any atom is -0.507 e. The van der Waals surface area contributed by atoms with Crippen molar-refractivity contribution in [2.75, 3.05) is 7.11 Å². The van der Waals surface area contributed by atoms with Gasteiger partial charge in [0.2, 0.25) is 5.78 Å². The molecule has 0 aliphatic heterocycles. The van der Waals surface area contributed by atoms with Gasteiger partial charge in [0.15, 0.2) is 29.4 Å². The second-order valence-electron chi connectivity index (χ2n) is 8.89. The number of phenols is 1. The number of pyridine rings is 1. The van der Waals surface area contributed by atoms with Gasteiger partial charge in [-0.3, -0.25) is 28.8 Å². The van der Waals surface area contributed by atoms with Crippen LogP contribution in [0.4, 0.5) is 0 Å². The molecule has 0 saturated carbocycles. The quantitative estimate of drug-likeness (QED) is 0.367. The Hall–Kier alpha value is -4.18. The average Bonchev–Trinajstić information content (AvgIpc) is 3.37. The second-order valence-corrected chi connectivity index (χ2v) is 9.68. The molecule has 0 radical (unpaired) electrons. The molecule has 3 aliphatic rings. The number of aromatic amines is 1. The first kappa shape index (κ1) is 22.3. The largest absolute Gasteiger partial charge is 0.507 e. The van der Waals surface area contributed by atoms with Crippen LogP contribution in [0.2, 0.25) is 0 Å². The normalized spacial score (nSPS) is 20.0. The number of benzene rings is 2. The predicted octanol–water partition coefficient (Wildman–Crippen LogP) is 2.98. The molecule has 3 aromatic rings. The maximum absolute atomic E-state index is 13.9. The molecule has 0 fully saturated rings. The number of Topliss-reactive ketones (excluding diaryl/α,β-unsaturated/α-hetero) is 3. The van der Waals surface area contributed by atoms with Gasteiger partial charge in [-0.25, -0.2) is 0 Å². The van der Waals surface area contributed by atoms with Gasteiger partial charge in [-0.05, 0) is 52.5 Å². The highest BCUT2D eigenvalue weighted by atomic mass is 79.9.